The van der Waals surface area contributed by atoms with Crippen molar-refractivity contribution in [3.63, 3.8) is 0 Å². The van der Waals surface area contributed by atoms with Gasteiger partial charge in [0.2, 0.25) is 5.91 Å². The van der Waals surface area contributed by atoms with Gasteiger partial charge in [0, 0.05) is 0 Å². The summed E-state index contributed by atoms with van der Waals surface area (Å²) in [5.74, 6) is 1.22. The molecule has 1 spiro atoms. The Labute approximate surface area is 198 Å². The number of carbonyl (C=O) groups excluding carboxylic acids is 1. The highest BCUT2D eigenvalue weighted by atomic mass is 16.2. The lowest BCUT2D eigenvalue weighted by atomic mass is 9.69. The number of rotatable bonds is 3. The fourth-order valence-corrected chi connectivity index (χ4v) is 6.57. The van der Waals surface area contributed by atoms with Crippen LogP contribution < -0.4 is 4.90 Å². The number of aliphatic imine (C=N–C) groups is 1. The van der Waals surface area contributed by atoms with E-state index in [1.165, 1.54) is 42.4 Å². The molecule has 1 atom stereocenters. The molecule has 5 rings (SSSR count). The molecule has 2 aliphatic heterocycles. The minimum absolute atomic E-state index is 0.0610. The molecule has 0 bridgehead atoms. The first-order chi connectivity index (χ1) is 16.0. The summed E-state index contributed by atoms with van der Waals surface area (Å²) >= 11 is 0. The van der Waals surface area contributed by atoms with Gasteiger partial charge in [0.25, 0.3) is 0 Å². The van der Waals surface area contributed by atoms with Gasteiger partial charge in [-0.25, -0.2) is 4.99 Å². The van der Waals surface area contributed by atoms with Crippen molar-refractivity contribution in [3.8, 4) is 0 Å². The first-order valence-electron chi connectivity index (χ1n) is 12.8. The lowest BCUT2D eigenvalue weighted by Gasteiger charge is -2.42. The number of likely N-dealkylation sites (tertiary alicyclic amines) is 1. The van der Waals surface area contributed by atoms with Crippen LogP contribution in [0.25, 0.3) is 0 Å². The highest BCUT2D eigenvalue weighted by molar-refractivity contribution is 6.27. The Morgan fingerprint density at radius 3 is 2.09 bits per heavy atom. The maximum absolute atomic E-state index is 14.4. The van der Waals surface area contributed by atoms with Gasteiger partial charge in [-0.15, -0.1) is 0 Å². The van der Waals surface area contributed by atoms with Crippen molar-refractivity contribution in [2.75, 3.05) is 18.0 Å². The predicted molar refractivity (Wildman–Crippen MR) is 136 cm³/mol. The van der Waals surface area contributed by atoms with Crippen molar-refractivity contribution in [2.45, 2.75) is 78.2 Å². The second-order valence-electron chi connectivity index (χ2n) is 10.4. The molecule has 3 aliphatic rings. The zero-order chi connectivity index (χ0) is 23.0. The predicted octanol–water partition coefficient (Wildman–Crippen LogP) is 6.49. The number of aryl methyl sites for hydroxylation is 3. The summed E-state index contributed by atoms with van der Waals surface area (Å²) < 4.78 is 0. The molecule has 2 heterocycles. The van der Waals surface area contributed by atoms with Crippen LogP contribution in [0.1, 0.15) is 68.1 Å². The summed E-state index contributed by atoms with van der Waals surface area (Å²) in [5.41, 5.74) is 5.25. The van der Waals surface area contributed by atoms with Crippen LogP contribution >= 0.6 is 0 Å². The summed E-state index contributed by atoms with van der Waals surface area (Å²) in [5, 5.41) is 0. The molecule has 174 valence electrons. The van der Waals surface area contributed by atoms with E-state index in [0.29, 0.717) is 0 Å². The molecule has 2 aromatic carbocycles. The van der Waals surface area contributed by atoms with Crippen molar-refractivity contribution < 1.29 is 4.79 Å². The summed E-state index contributed by atoms with van der Waals surface area (Å²) in [6.45, 7) is 8.56. The van der Waals surface area contributed by atoms with Crippen molar-refractivity contribution >= 4 is 23.1 Å². The third kappa shape index (κ3) is 3.93. The molecule has 2 saturated heterocycles. The number of carbonyl (C=O) groups is 1. The van der Waals surface area contributed by atoms with E-state index in [1.807, 2.05) is 23.1 Å². The normalized spacial score (nSPS) is 24.7. The Balaban J connectivity index is 1.72. The quantitative estimate of drug-likeness (QED) is 0.543. The van der Waals surface area contributed by atoms with E-state index in [-0.39, 0.29) is 17.4 Å². The summed E-state index contributed by atoms with van der Waals surface area (Å²) in [6, 6.07) is 14.7. The third-order valence-electron chi connectivity index (χ3n) is 8.00. The molecule has 0 N–H and O–H groups in total. The van der Waals surface area contributed by atoms with Gasteiger partial charge in [-0.3, -0.25) is 14.6 Å². The zero-order valence-corrected chi connectivity index (χ0v) is 20.4. The van der Waals surface area contributed by atoms with Gasteiger partial charge in [-0.2, -0.15) is 0 Å². The number of amides is 1. The number of amidine groups is 1. The summed E-state index contributed by atoms with van der Waals surface area (Å²) in [7, 11) is 0. The molecule has 1 aliphatic carbocycles. The first kappa shape index (κ1) is 22.3. The van der Waals surface area contributed by atoms with Gasteiger partial charge < -0.3 is 0 Å². The number of benzene rings is 2. The van der Waals surface area contributed by atoms with Crippen molar-refractivity contribution in [1.82, 2.24) is 4.90 Å². The smallest absolute Gasteiger partial charge is 0.240 e. The maximum atomic E-state index is 14.4. The topological polar surface area (TPSA) is 35.9 Å². The van der Waals surface area contributed by atoms with Gasteiger partial charge in [-0.1, -0.05) is 61.6 Å². The number of hydrogen-bond donors (Lipinski definition) is 0. The fourth-order valence-electron chi connectivity index (χ4n) is 6.57. The molecule has 1 saturated carbocycles. The Kier molecular flexibility index (Phi) is 6.13. The standard InChI is InChI=1S/C29H37N3O/c1-21-19-22(2)25(23(3)20-21)30-27-26(31-17-11-6-12-18-31)29(15-9-5-10-16-29)28(33)32(27)24-13-7-4-8-14-24/h4,7-8,13-14,19-20,26H,5-6,9-12,15-18H2,1-3H3/t26-/m1/s1. The SMILES string of the molecule is Cc1cc(C)c(N=C2[C@@H](N3CCCCC3)C3(CCCCC3)C(=O)N2c2ccccc2)c(C)c1. The Hall–Kier alpha value is -2.46. The minimum atomic E-state index is -0.350. The average Bonchev–Trinajstić information content (AvgIpc) is 3.05. The highest BCUT2D eigenvalue weighted by Crippen LogP contribution is 2.50. The van der Waals surface area contributed by atoms with E-state index in [1.54, 1.807) is 0 Å². The van der Waals surface area contributed by atoms with Gasteiger partial charge in [0.05, 0.1) is 22.8 Å². The second-order valence-corrected chi connectivity index (χ2v) is 10.4. The van der Waals surface area contributed by atoms with Crippen LogP contribution in [0, 0.1) is 26.2 Å². The van der Waals surface area contributed by atoms with Crippen LogP contribution in [-0.2, 0) is 4.79 Å². The van der Waals surface area contributed by atoms with Gasteiger partial charge in [0.15, 0.2) is 0 Å². The third-order valence-corrected chi connectivity index (χ3v) is 8.00. The highest BCUT2D eigenvalue weighted by Gasteiger charge is 2.60. The van der Waals surface area contributed by atoms with E-state index in [2.05, 4.69) is 49.9 Å². The number of para-hydroxylation sites is 1. The van der Waals surface area contributed by atoms with Gasteiger partial charge in [-0.05, 0) is 82.8 Å². The lowest BCUT2D eigenvalue weighted by molar-refractivity contribution is -0.130. The van der Waals surface area contributed by atoms with E-state index in [4.69, 9.17) is 4.99 Å². The molecule has 2 aromatic rings. The van der Waals surface area contributed by atoms with Crippen LogP contribution in [-0.4, -0.2) is 35.8 Å². The van der Waals surface area contributed by atoms with E-state index >= 15 is 0 Å². The average molecular weight is 444 g/mol. The van der Waals surface area contributed by atoms with Crippen molar-refractivity contribution in [3.05, 3.63) is 59.2 Å². The van der Waals surface area contributed by atoms with Crippen molar-refractivity contribution in [2.24, 2.45) is 10.4 Å². The number of hydrogen-bond acceptors (Lipinski definition) is 3. The lowest BCUT2D eigenvalue weighted by Crippen LogP contribution is -2.52. The zero-order valence-electron chi connectivity index (χ0n) is 20.4. The fraction of sp³-hybridized carbons (Fsp3) is 0.517. The summed E-state index contributed by atoms with van der Waals surface area (Å²) in [4.78, 5) is 24.4. The van der Waals surface area contributed by atoms with Crippen LogP contribution in [0.2, 0.25) is 0 Å². The minimum Gasteiger partial charge on any atom is -0.293 e. The molecule has 33 heavy (non-hydrogen) atoms. The Bertz CT molecular complexity index is 1020. The number of anilines is 1. The van der Waals surface area contributed by atoms with Crippen LogP contribution in [0.3, 0.4) is 0 Å². The molecule has 0 aromatic heterocycles. The molecular formula is C29H37N3O. The van der Waals surface area contributed by atoms with E-state index < -0.39 is 0 Å². The van der Waals surface area contributed by atoms with Crippen LogP contribution in [0.5, 0.6) is 0 Å². The molecule has 3 fully saturated rings. The first-order valence-corrected chi connectivity index (χ1v) is 12.8. The molecular weight excluding hydrogens is 406 g/mol. The molecule has 1 amide bonds. The largest absolute Gasteiger partial charge is 0.293 e. The Morgan fingerprint density at radius 2 is 1.45 bits per heavy atom. The Morgan fingerprint density at radius 1 is 0.848 bits per heavy atom. The van der Waals surface area contributed by atoms with Gasteiger partial charge in [0.1, 0.15) is 5.84 Å². The number of piperidine rings is 1. The molecule has 4 nitrogen and oxygen atoms in total. The van der Waals surface area contributed by atoms with Crippen molar-refractivity contribution in [1.29, 1.82) is 0 Å². The van der Waals surface area contributed by atoms with E-state index in [0.717, 1.165) is 56.0 Å². The van der Waals surface area contributed by atoms with Crippen LogP contribution in [0.15, 0.2) is 47.5 Å². The van der Waals surface area contributed by atoms with Crippen LogP contribution in [0.4, 0.5) is 11.4 Å². The molecule has 4 heteroatoms. The molecule has 0 unspecified atom stereocenters. The van der Waals surface area contributed by atoms with E-state index in [9.17, 15) is 4.79 Å². The van der Waals surface area contributed by atoms with Gasteiger partial charge >= 0.3 is 0 Å². The summed E-state index contributed by atoms with van der Waals surface area (Å²) in [6.07, 6.45) is 9.15. The monoisotopic (exact) mass is 443 g/mol. The second kappa shape index (κ2) is 9.06. The molecule has 0 radical (unpaired) electrons. The maximum Gasteiger partial charge on any atom is 0.240 e. The number of nitrogens with zero attached hydrogens (tertiary/aromatic N) is 3.